The predicted octanol–water partition coefficient (Wildman–Crippen LogP) is 0.602. The Bertz CT molecular complexity index is 308. The van der Waals surface area contributed by atoms with Gasteiger partial charge in [-0.3, -0.25) is 4.79 Å². The van der Waals surface area contributed by atoms with Crippen LogP contribution in [0.1, 0.15) is 14.8 Å². The summed E-state index contributed by atoms with van der Waals surface area (Å²) in [5.74, 6) is 0.00167. The number of amides is 1. The maximum atomic E-state index is 11.3. The summed E-state index contributed by atoms with van der Waals surface area (Å²) >= 11 is 0. The smallest absolute Gasteiger partial charge is 0.330 e. The summed E-state index contributed by atoms with van der Waals surface area (Å²) in [6.45, 7) is 4.20. The molecule has 0 aliphatic carbocycles. The molecule has 0 atom stereocenters. The molecule has 1 aliphatic heterocycles. The SMILES string of the molecule is C/C=C/CNC(=O)CC1=N[CH][N+](C)=C1.[HH]. The minimum Gasteiger partial charge on any atom is -0.352 e. The number of carbonyl (C=O) groups is 1. The van der Waals surface area contributed by atoms with E-state index in [1.54, 1.807) is 6.67 Å². The number of hydrogen-bond donors (Lipinski definition) is 1. The Morgan fingerprint density at radius 2 is 2.57 bits per heavy atom. The van der Waals surface area contributed by atoms with Crippen LogP contribution >= 0.6 is 0 Å². The molecule has 1 heterocycles. The molecule has 0 aromatic carbocycles. The van der Waals surface area contributed by atoms with E-state index in [0.717, 1.165) is 5.71 Å². The third-order valence-electron chi connectivity index (χ3n) is 1.75. The van der Waals surface area contributed by atoms with Crippen LogP contribution in [0.25, 0.3) is 0 Å². The highest BCUT2D eigenvalue weighted by atomic mass is 16.1. The zero-order valence-corrected chi connectivity index (χ0v) is 8.53. The highest BCUT2D eigenvalue weighted by Crippen LogP contribution is 1.95. The third kappa shape index (κ3) is 3.51. The minimum absolute atomic E-state index is 0. The van der Waals surface area contributed by atoms with Crippen LogP contribution in [-0.4, -0.2) is 36.0 Å². The van der Waals surface area contributed by atoms with Crippen molar-refractivity contribution in [3.63, 3.8) is 0 Å². The fourth-order valence-electron chi connectivity index (χ4n) is 1.08. The van der Waals surface area contributed by atoms with E-state index < -0.39 is 0 Å². The Balaban J connectivity index is 0.00000196. The van der Waals surface area contributed by atoms with Gasteiger partial charge < -0.3 is 5.32 Å². The van der Waals surface area contributed by atoms with Crippen molar-refractivity contribution in [3.8, 4) is 0 Å². The van der Waals surface area contributed by atoms with Gasteiger partial charge in [-0.25, -0.2) is 9.57 Å². The van der Waals surface area contributed by atoms with Crippen LogP contribution in [0.4, 0.5) is 0 Å². The summed E-state index contributed by atoms with van der Waals surface area (Å²) in [6.07, 6.45) is 5.99. The van der Waals surface area contributed by atoms with Crippen LogP contribution in [0.15, 0.2) is 17.1 Å². The van der Waals surface area contributed by atoms with Gasteiger partial charge >= 0.3 is 6.67 Å². The monoisotopic (exact) mass is 195 g/mol. The molecule has 1 amide bonds. The molecule has 14 heavy (non-hydrogen) atoms. The highest BCUT2D eigenvalue weighted by Gasteiger charge is 2.14. The molecular weight excluding hydrogens is 178 g/mol. The molecule has 0 fully saturated rings. The molecule has 1 rings (SSSR count). The molecule has 0 saturated carbocycles. The summed E-state index contributed by atoms with van der Waals surface area (Å²) in [6, 6.07) is 0. The van der Waals surface area contributed by atoms with Gasteiger partial charge in [-0.2, -0.15) is 0 Å². The molecule has 77 valence electrons. The van der Waals surface area contributed by atoms with Gasteiger partial charge in [0, 0.05) is 7.97 Å². The quantitative estimate of drug-likeness (QED) is 0.518. The first-order valence-corrected chi connectivity index (χ1v) is 4.57. The van der Waals surface area contributed by atoms with Crippen LogP contribution in [0.5, 0.6) is 0 Å². The van der Waals surface area contributed by atoms with Crippen molar-refractivity contribution in [1.29, 1.82) is 0 Å². The number of hydrogen-bond acceptors (Lipinski definition) is 2. The Hall–Kier alpha value is -1.45. The summed E-state index contributed by atoms with van der Waals surface area (Å²) in [5.41, 5.74) is 0.797. The number of nitrogens with one attached hydrogen (secondary N) is 1. The average molecular weight is 195 g/mol. The van der Waals surface area contributed by atoms with E-state index in [2.05, 4.69) is 10.3 Å². The molecule has 1 N–H and O–H groups in total. The van der Waals surface area contributed by atoms with Gasteiger partial charge in [0.05, 0.1) is 6.42 Å². The van der Waals surface area contributed by atoms with Crippen LogP contribution in [0, 0.1) is 6.67 Å². The van der Waals surface area contributed by atoms with Gasteiger partial charge in [-0.05, 0) is 6.92 Å². The summed E-state index contributed by atoms with van der Waals surface area (Å²) in [4.78, 5) is 15.4. The van der Waals surface area contributed by atoms with Crippen molar-refractivity contribution in [3.05, 3.63) is 18.8 Å². The molecule has 0 unspecified atom stereocenters. The van der Waals surface area contributed by atoms with Crippen LogP contribution in [0.3, 0.4) is 0 Å². The Morgan fingerprint density at radius 3 is 3.14 bits per heavy atom. The van der Waals surface area contributed by atoms with Gasteiger partial charge in [-0.1, -0.05) is 12.2 Å². The van der Waals surface area contributed by atoms with Gasteiger partial charge in [0.2, 0.25) is 5.91 Å². The minimum atomic E-state index is 0. The zero-order chi connectivity index (χ0) is 10.4. The first-order chi connectivity index (χ1) is 6.72. The lowest BCUT2D eigenvalue weighted by atomic mass is 10.3. The molecule has 4 heteroatoms. The molecule has 0 saturated heterocycles. The molecular formula is C10H17N3O+. The topological polar surface area (TPSA) is 44.5 Å². The molecule has 4 nitrogen and oxygen atoms in total. The number of nitrogens with zero attached hydrogens (tertiary/aromatic N) is 2. The van der Waals surface area contributed by atoms with Crippen molar-refractivity contribution in [2.45, 2.75) is 13.3 Å². The number of allylic oxidation sites excluding steroid dienone is 1. The zero-order valence-electron chi connectivity index (χ0n) is 8.53. The first-order valence-electron chi connectivity index (χ1n) is 4.57. The van der Waals surface area contributed by atoms with Gasteiger partial charge in [0.25, 0.3) is 0 Å². The van der Waals surface area contributed by atoms with Crippen LogP contribution in [0.2, 0.25) is 0 Å². The normalized spacial score (nSPS) is 15.6. The van der Waals surface area contributed by atoms with Gasteiger partial charge in [0.15, 0.2) is 6.21 Å². The van der Waals surface area contributed by atoms with Crippen LogP contribution in [-0.2, 0) is 4.79 Å². The fourth-order valence-corrected chi connectivity index (χ4v) is 1.08. The van der Waals surface area contributed by atoms with Crippen molar-refractivity contribution < 1.29 is 10.8 Å². The Kier molecular flexibility index (Phi) is 4.04. The Labute approximate surface area is 85.5 Å². The Morgan fingerprint density at radius 1 is 1.79 bits per heavy atom. The maximum absolute atomic E-state index is 11.3. The first kappa shape index (κ1) is 10.6. The number of rotatable bonds is 4. The fraction of sp³-hybridized carbons (Fsp3) is 0.400. The van der Waals surface area contributed by atoms with E-state index in [1.807, 2.05) is 36.9 Å². The molecule has 0 spiro atoms. The van der Waals surface area contributed by atoms with E-state index in [-0.39, 0.29) is 7.33 Å². The standard InChI is InChI=1S/C10H15N3O.H2/c1-3-4-5-11-10(14)6-9-7-13(2)8-12-9;/h3-4,7-8H,5-6H2,1-2H3,(H,11,14);1H/q+1;/b4-3+;. The third-order valence-corrected chi connectivity index (χ3v) is 1.75. The van der Waals surface area contributed by atoms with Gasteiger partial charge in [0.1, 0.15) is 12.8 Å². The van der Waals surface area contributed by atoms with Crippen molar-refractivity contribution in [1.82, 2.24) is 5.32 Å². The second kappa shape index (κ2) is 5.32. The van der Waals surface area contributed by atoms with Crippen molar-refractivity contribution in [2.24, 2.45) is 4.99 Å². The second-order valence-electron chi connectivity index (χ2n) is 3.08. The average Bonchev–Trinajstić information content (AvgIpc) is 2.52. The van der Waals surface area contributed by atoms with Crippen LogP contribution < -0.4 is 5.32 Å². The van der Waals surface area contributed by atoms with E-state index in [4.69, 9.17) is 0 Å². The van der Waals surface area contributed by atoms with Crippen molar-refractivity contribution >= 4 is 17.8 Å². The second-order valence-corrected chi connectivity index (χ2v) is 3.08. The van der Waals surface area contributed by atoms with E-state index in [1.165, 1.54) is 0 Å². The molecule has 1 radical (unpaired) electrons. The largest absolute Gasteiger partial charge is 0.352 e. The summed E-state index contributed by atoms with van der Waals surface area (Å²) in [5, 5.41) is 2.77. The molecule has 0 aromatic heterocycles. The molecule has 0 aromatic rings. The van der Waals surface area contributed by atoms with E-state index in [0.29, 0.717) is 13.0 Å². The molecule has 1 aliphatic rings. The number of carbonyl (C=O) groups excluding carboxylic acids is 1. The van der Waals surface area contributed by atoms with Gasteiger partial charge in [-0.15, -0.1) is 0 Å². The lowest BCUT2D eigenvalue weighted by Crippen LogP contribution is -2.26. The summed E-state index contributed by atoms with van der Waals surface area (Å²) < 4.78 is 1.83. The highest BCUT2D eigenvalue weighted by molar-refractivity contribution is 6.33. The predicted molar refractivity (Wildman–Crippen MR) is 58.5 cm³/mol. The number of aliphatic imine (C=N–C) groups is 1. The van der Waals surface area contributed by atoms with E-state index in [9.17, 15) is 4.79 Å². The summed E-state index contributed by atoms with van der Waals surface area (Å²) in [7, 11) is 1.88. The maximum Gasteiger partial charge on any atom is 0.330 e. The lowest BCUT2D eigenvalue weighted by molar-refractivity contribution is -0.444. The molecule has 0 bridgehead atoms. The lowest BCUT2D eigenvalue weighted by Gasteiger charge is -1.98. The van der Waals surface area contributed by atoms with E-state index >= 15 is 0 Å². The van der Waals surface area contributed by atoms with Crippen molar-refractivity contribution in [2.75, 3.05) is 13.6 Å².